The van der Waals surface area contributed by atoms with Gasteiger partial charge in [0.1, 0.15) is 0 Å². The summed E-state index contributed by atoms with van der Waals surface area (Å²) in [4.78, 5) is 26.9. The van der Waals surface area contributed by atoms with Gasteiger partial charge in [-0.05, 0) is 43.7 Å². The zero-order valence-corrected chi connectivity index (χ0v) is 14.1. The summed E-state index contributed by atoms with van der Waals surface area (Å²) >= 11 is 0. The van der Waals surface area contributed by atoms with Crippen molar-refractivity contribution < 1.29 is 19.1 Å². The molecule has 1 aromatic rings. The maximum atomic E-state index is 12.6. The van der Waals surface area contributed by atoms with Crippen molar-refractivity contribution in [3.8, 4) is 11.5 Å². The highest BCUT2D eigenvalue weighted by Crippen LogP contribution is 2.59. The molecule has 6 heteroatoms. The Labute approximate surface area is 146 Å². The third kappa shape index (κ3) is 2.73. The minimum atomic E-state index is 0.0108. The van der Waals surface area contributed by atoms with E-state index in [1.54, 1.807) is 6.07 Å². The van der Waals surface area contributed by atoms with E-state index >= 15 is 0 Å². The highest BCUT2D eigenvalue weighted by atomic mass is 16.7. The number of carbonyl (C=O) groups excluding carboxylic acids is 2. The van der Waals surface area contributed by atoms with Crippen molar-refractivity contribution in [1.29, 1.82) is 0 Å². The van der Waals surface area contributed by atoms with Crippen LogP contribution in [0.2, 0.25) is 0 Å². The van der Waals surface area contributed by atoms with E-state index in [2.05, 4.69) is 5.32 Å². The van der Waals surface area contributed by atoms with Crippen LogP contribution in [0.3, 0.4) is 0 Å². The summed E-state index contributed by atoms with van der Waals surface area (Å²) in [5.74, 6) is 2.34. The van der Waals surface area contributed by atoms with Crippen molar-refractivity contribution in [2.24, 2.45) is 17.3 Å². The molecule has 0 bridgehead atoms. The van der Waals surface area contributed by atoms with Gasteiger partial charge in [0.05, 0.1) is 0 Å². The summed E-state index contributed by atoms with van der Waals surface area (Å²) in [5.41, 5.74) is 0.746. The fraction of sp³-hybridized carbons (Fsp3) is 0.579. The quantitative estimate of drug-likeness (QED) is 0.912. The van der Waals surface area contributed by atoms with Gasteiger partial charge in [0.2, 0.25) is 18.6 Å². The lowest BCUT2D eigenvalue weighted by Gasteiger charge is -2.16. The Morgan fingerprint density at radius 3 is 2.92 bits per heavy atom. The summed E-state index contributed by atoms with van der Waals surface area (Å²) in [5, 5.41) is 2.99. The number of amides is 2. The Hall–Kier alpha value is -2.24. The molecule has 4 aliphatic rings. The first-order valence-corrected chi connectivity index (χ1v) is 9.11. The maximum Gasteiger partial charge on any atom is 0.231 e. The standard InChI is InChI=1S/C19H22N2O4/c22-17(7-12-1-2-12)21-6-5-19(10-21)9-14(19)18(23)20-13-3-4-15-16(8-13)25-11-24-15/h3-4,8,12,14H,1-2,5-7,9-11H2,(H,20,23)/t14-,19-/m0/s1. The number of ether oxygens (including phenoxy) is 2. The van der Waals surface area contributed by atoms with Crippen LogP contribution in [0, 0.1) is 17.3 Å². The Kier molecular flexibility index (Phi) is 3.24. The minimum absolute atomic E-state index is 0.0108. The molecule has 2 saturated carbocycles. The lowest BCUT2D eigenvalue weighted by Crippen LogP contribution is -2.30. The van der Waals surface area contributed by atoms with Gasteiger partial charge in [-0.2, -0.15) is 0 Å². The van der Waals surface area contributed by atoms with Gasteiger partial charge in [-0.3, -0.25) is 9.59 Å². The number of carbonyl (C=O) groups is 2. The number of rotatable bonds is 4. The van der Waals surface area contributed by atoms with Gasteiger partial charge in [0.15, 0.2) is 11.5 Å². The Morgan fingerprint density at radius 2 is 2.08 bits per heavy atom. The van der Waals surface area contributed by atoms with Gasteiger partial charge in [-0.25, -0.2) is 0 Å². The highest BCUT2D eigenvalue weighted by molar-refractivity contribution is 5.95. The lowest BCUT2D eigenvalue weighted by molar-refractivity contribution is -0.131. The first kappa shape index (κ1) is 15.0. The fourth-order valence-corrected chi connectivity index (χ4v) is 4.18. The number of fused-ring (bicyclic) bond motifs is 1. The number of hydrogen-bond donors (Lipinski definition) is 1. The van der Waals surface area contributed by atoms with Gasteiger partial charge in [-0.15, -0.1) is 0 Å². The normalized spacial score (nSPS) is 29.1. The predicted octanol–water partition coefficient (Wildman–Crippen LogP) is 2.39. The molecule has 25 heavy (non-hydrogen) atoms. The molecule has 1 aromatic carbocycles. The van der Waals surface area contributed by atoms with Crippen molar-refractivity contribution >= 4 is 17.5 Å². The number of anilines is 1. The van der Waals surface area contributed by atoms with E-state index in [0.29, 0.717) is 23.8 Å². The van der Waals surface area contributed by atoms with Gasteiger partial charge < -0.3 is 19.7 Å². The third-order valence-corrected chi connectivity index (χ3v) is 6.04. The molecule has 6 nitrogen and oxygen atoms in total. The van der Waals surface area contributed by atoms with Crippen LogP contribution < -0.4 is 14.8 Å². The smallest absolute Gasteiger partial charge is 0.231 e. The highest BCUT2D eigenvalue weighted by Gasteiger charge is 2.61. The van der Waals surface area contributed by atoms with Crippen LogP contribution in [0.15, 0.2) is 18.2 Å². The molecule has 1 spiro atoms. The van der Waals surface area contributed by atoms with E-state index < -0.39 is 0 Å². The molecule has 5 rings (SSSR count). The topological polar surface area (TPSA) is 67.9 Å². The van der Waals surface area contributed by atoms with E-state index in [1.807, 2.05) is 17.0 Å². The van der Waals surface area contributed by atoms with Crippen LogP contribution >= 0.6 is 0 Å². The number of likely N-dealkylation sites (tertiary alicyclic amines) is 1. The van der Waals surface area contributed by atoms with E-state index in [0.717, 1.165) is 31.6 Å². The molecule has 0 aromatic heterocycles. The molecule has 1 N–H and O–H groups in total. The van der Waals surface area contributed by atoms with E-state index in [-0.39, 0.29) is 29.9 Å². The lowest BCUT2D eigenvalue weighted by atomic mass is 10.0. The van der Waals surface area contributed by atoms with Crippen molar-refractivity contribution in [3.63, 3.8) is 0 Å². The Morgan fingerprint density at radius 1 is 1.24 bits per heavy atom. The molecule has 3 fully saturated rings. The second-order valence-electron chi connectivity index (χ2n) is 7.89. The zero-order valence-electron chi connectivity index (χ0n) is 14.1. The molecule has 2 aliphatic heterocycles. The van der Waals surface area contributed by atoms with Crippen molar-refractivity contribution in [1.82, 2.24) is 4.90 Å². The van der Waals surface area contributed by atoms with Crippen LogP contribution in [0.5, 0.6) is 11.5 Å². The molecule has 2 amide bonds. The van der Waals surface area contributed by atoms with Crippen LogP contribution in [-0.4, -0.2) is 36.6 Å². The average molecular weight is 342 g/mol. The van der Waals surface area contributed by atoms with Crippen molar-refractivity contribution in [2.45, 2.75) is 32.1 Å². The summed E-state index contributed by atoms with van der Waals surface area (Å²) in [6.45, 7) is 1.78. The second kappa shape index (κ2) is 5.38. The molecule has 2 aliphatic carbocycles. The molecule has 132 valence electrons. The minimum Gasteiger partial charge on any atom is -0.454 e. The van der Waals surface area contributed by atoms with Crippen molar-refractivity contribution in [2.75, 3.05) is 25.2 Å². The monoisotopic (exact) mass is 342 g/mol. The molecule has 0 unspecified atom stereocenters. The average Bonchev–Trinajstić information content (AvgIpc) is 3.42. The summed E-state index contributed by atoms with van der Waals surface area (Å²) in [6.07, 6.45) is 4.93. The predicted molar refractivity (Wildman–Crippen MR) is 90.3 cm³/mol. The zero-order chi connectivity index (χ0) is 17.0. The van der Waals surface area contributed by atoms with Crippen LogP contribution in [-0.2, 0) is 9.59 Å². The van der Waals surface area contributed by atoms with Crippen LogP contribution in [0.1, 0.15) is 32.1 Å². The first-order chi connectivity index (χ1) is 12.1. The largest absolute Gasteiger partial charge is 0.454 e. The first-order valence-electron chi connectivity index (χ1n) is 9.11. The number of nitrogens with one attached hydrogen (secondary N) is 1. The van der Waals surface area contributed by atoms with Crippen molar-refractivity contribution in [3.05, 3.63) is 18.2 Å². The Balaban J connectivity index is 1.19. The summed E-state index contributed by atoms with van der Waals surface area (Å²) in [7, 11) is 0. The SMILES string of the molecule is O=C(Nc1ccc2c(c1)OCO2)[C@@H]1C[C@]12CCN(C(=O)CC1CC1)C2. The van der Waals surface area contributed by atoms with E-state index in [4.69, 9.17) is 9.47 Å². The fourth-order valence-electron chi connectivity index (χ4n) is 4.18. The van der Waals surface area contributed by atoms with Gasteiger partial charge in [0, 0.05) is 42.6 Å². The Bertz CT molecular complexity index is 745. The van der Waals surface area contributed by atoms with Gasteiger partial charge >= 0.3 is 0 Å². The number of benzene rings is 1. The summed E-state index contributed by atoms with van der Waals surface area (Å²) < 4.78 is 10.6. The van der Waals surface area contributed by atoms with E-state index in [1.165, 1.54) is 12.8 Å². The number of nitrogens with zero attached hydrogens (tertiary/aromatic N) is 1. The van der Waals surface area contributed by atoms with Crippen LogP contribution in [0.25, 0.3) is 0 Å². The van der Waals surface area contributed by atoms with Gasteiger partial charge in [-0.1, -0.05) is 0 Å². The molecular formula is C19H22N2O4. The number of hydrogen-bond acceptors (Lipinski definition) is 4. The molecule has 0 radical (unpaired) electrons. The van der Waals surface area contributed by atoms with E-state index in [9.17, 15) is 9.59 Å². The maximum absolute atomic E-state index is 12.6. The molecule has 2 heterocycles. The van der Waals surface area contributed by atoms with Gasteiger partial charge in [0.25, 0.3) is 0 Å². The van der Waals surface area contributed by atoms with Crippen LogP contribution in [0.4, 0.5) is 5.69 Å². The molecular weight excluding hydrogens is 320 g/mol. The third-order valence-electron chi connectivity index (χ3n) is 6.04. The molecule has 1 saturated heterocycles. The molecule has 2 atom stereocenters. The summed E-state index contributed by atoms with van der Waals surface area (Å²) in [6, 6.07) is 5.45. The second-order valence-corrected chi connectivity index (χ2v) is 7.89.